The SMILES string of the molecule is CCC1CCC(Nc2nc(NC3CCOCC3)ncc2C(N)=O)CC1. The number of nitrogens with two attached hydrogens (primary N) is 1. The minimum Gasteiger partial charge on any atom is -0.381 e. The van der Waals surface area contributed by atoms with E-state index in [0.717, 1.165) is 44.8 Å². The van der Waals surface area contributed by atoms with Gasteiger partial charge in [0.2, 0.25) is 5.95 Å². The van der Waals surface area contributed by atoms with Crippen LogP contribution in [-0.2, 0) is 4.74 Å². The van der Waals surface area contributed by atoms with E-state index < -0.39 is 5.91 Å². The van der Waals surface area contributed by atoms with Crippen LogP contribution in [0.3, 0.4) is 0 Å². The molecule has 0 radical (unpaired) electrons. The van der Waals surface area contributed by atoms with Gasteiger partial charge < -0.3 is 21.1 Å². The predicted octanol–water partition coefficient (Wildman–Crippen LogP) is 2.55. The number of nitrogens with zero attached hydrogens (tertiary/aromatic N) is 2. The minimum atomic E-state index is -0.498. The molecule has 2 fully saturated rings. The van der Waals surface area contributed by atoms with E-state index in [-0.39, 0.29) is 0 Å². The van der Waals surface area contributed by atoms with E-state index in [4.69, 9.17) is 10.5 Å². The van der Waals surface area contributed by atoms with Crippen molar-refractivity contribution in [1.29, 1.82) is 0 Å². The predicted molar refractivity (Wildman–Crippen MR) is 97.7 cm³/mol. The number of nitrogens with one attached hydrogen (secondary N) is 2. The van der Waals surface area contributed by atoms with Crippen LogP contribution in [-0.4, -0.2) is 41.2 Å². The summed E-state index contributed by atoms with van der Waals surface area (Å²) in [6.45, 7) is 3.76. The van der Waals surface area contributed by atoms with E-state index in [1.807, 2.05) is 0 Å². The summed E-state index contributed by atoms with van der Waals surface area (Å²) < 4.78 is 5.38. The second-order valence-electron chi connectivity index (χ2n) is 7.12. The summed E-state index contributed by atoms with van der Waals surface area (Å²) >= 11 is 0. The average molecular weight is 347 g/mol. The third-order valence-electron chi connectivity index (χ3n) is 5.37. The fraction of sp³-hybridized carbons (Fsp3) is 0.722. The molecule has 2 heterocycles. The topological polar surface area (TPSA) is 102 Å². The first-order valence-corrected chi connectivity index (χ1v) is 9.43. The zero-order valence-electron chi connectivity index (χ0n) is 15.0. The highest BCUT2D eigenvalue weighted by Crippen LogP contribution is 2.29. The van der Waals surface area contributed by atoms with Gasteiger partial charge in [-0.2, -0.15) is 4.98 Å². The van der Waals surface area contributed by atoms with Gasteiger partial charge >= 0.3 is 0 Å². The van der Waals surface area contributed by atoms with Gasteiger partial charge in [0, 0.05) is 31.5 Å². The number of carbonyl (C=O) groups excluding carboxylic acids is 1. The Balaban J connectivity index is 1.69. The number of aromatic nitrogens is 2. The first-order valence-electron chi connectivity index (χ1n) is 9.43. The van der Waals surface area contributed by atoms with Crippen LogP contribution in [0.2, 0.25) is 0 Å². The van der Waals surface area contributed by atoms with E-state index in [1.54, 1.807) is 0 Å². The monoisotopic (exact) mass is 347 g/mol. The Labute approximate surface area is 149 Å². The molecule has 1 saturated carbocycles. The number of hydrogen-bond donors (Lipinski definition) is 3. The number of rotatable bonds is 6. The molecule has 1 aliphatic carbocycles. The lowest BCUT2D eigenvalue weighted by Gasteiger charge is -2.29. The summed E-state index contributed by atoms with van der Waals surface area (Å²) in [6.07, 6.45) is 9.28. The Morgan fingerprint density at radius 2 is 1.84 bits per heavy atom. The smallest absolute Gasteiger partial charge is 0.254 e. The van der Waals surface area contributed by atoms with Gasteiger partial charge in [-0.05, 0) is 44.4 Å². The van der Waals surface area contributed by atoms with E-state index in [1.165, 1.54) is 25.5 Å². The van der Waals surface area contributed by atoms with E-state index >= 15 is 0 Å². The van der Waals surface area contributed by atoms with Gasteiger partial charge in [-0.3, -0.25) is 4.79 Å². The normalized spacial score (nSPS) is 24.7. The lowest BCUT2D eigenvalue weighted by molar-refractivity contribution is 0.0903. The van der Waals surface area contributed by atoms with Gasteiger partial charge in [0.1, 0.15) is 5.82 Å². The van der Waals surface area contributed by atoms with Crippen LogP contribution in [0.5, 0.6) is 0 Å². The number of amides is 1. The van der Waals surface area contributed by atoms with Gasteiger partial charge in [-0.25, -0.2) is 4.98 Å². The maximum atomic E-state index is 11.7. The Morgan fingerprint density at radius 1 is 1.16 bits per heavy atom. The summed E-state index contributed by atoms with van der Waals surface area (Å²) in [5, 5.41) is 6.78. The molecule has 7 nitrogen and oxygen atoms in total. The summed E-state index contributed by atoms with van der Waals surface area (Å²) in [5.41, 5.74) is 5.86. The Kier molecular flexibility index (Phi) is 6.07. The first-order chi connectivity index (χ1) is 12.2. The van der Waals surface area contributed by atoms with Gasteiger partial charge in [-0.15, -0.1) is 0 Å². The Hall–Kier alpha value is -1.89. The molecule has 0 spiro atoms. The zero-order chi connectivity index (χ0) is 17.6. The largest absolute Gasteiger partial charge is 0.381 e. The zero-order valence-corrected chi connectivity index (χ0v) is 15.0. The molecular weight excluding hydrogens is 318 g/mol. The van der Waals surface area contributed by atoms with Crippen molar-refractivity contribution in [3.63, 3.8) is 0 Å². The molecule has 0 bridgehead atoms. The molecule has 3 rings (SSSR count). The third-order valence-corrected chi connectivity index (χ3v) is 5.37. The molecule has 1 aromatic rings. The summed E-state index contributed by atoms with van der Waals surface area (Å²) in [6, 6.07) is 0.646. The highest BCUT2D eigenvalue weighted by molar-refractivity contribution is 5.97. The lowest BCUT2D eigenvalue weighted by atomic mass is 9.84. The second kappa shape index (κ2) is 8.47. The maximum absolute atomic E-state index is 11.7. The molecule has 1 aromatic heterocycles. The van der Waals surface area contributed by atoms with E-state index in [9.17, 15) is 4.79 Å². The number of carbonyl (C=O) groups is 1. The summed E-state index contributed by atoms with van der Waals surface area (Å²) in [5.74, 6) is 1.42. The van der Waals surface area contributed by atoms with Crippen molar-refractivity contribution in [3.05, 3.63) is 11.8 Å². The van der Waals surface area contributed by atoms with Crippen molar-refractivity contribution in [2.45, 2.75) is 64.0 Å². The third kappa shape index (κ3) is 4.81. The summed E-state index contributed by atoms with van der Waals surface area (Å²) in [7, 11) is 0. The molecule has 1 saturated heterocycles. The molecule has 2 aliphatic rings. The first kappa shape index (κ1) is 17.9. The van der Waals surface area contributed by atoms with Crippen molar-refractivity contribution in [3.8, 4) is 0 Å². The second-order valence-corrected chi connectivity index (χ2v) is 7.12. The minimum absolute atomic E-state index is 0.307. The summed E-state index contributed by atoms with van der Waals surface area (Å²) in [4.78, 5) is 20.5. The fourth-order valence-corrected chi connectivity index (χ4v) is 3.67. The van der Waals surface area contributed by atoms with Crippen molar-refractivity contribution in [2.24, 2.45) is 11.7 Å². The number of anilines is 2. The van der Waals surface area contributed by atoms with Crippen LogP contribution in [0.1, 0.15) is 62.2 Å². The van der Waals surface area contributed by atoms with Crippen molar-refractivity contribution in [2.75, 3.05) is 23.8 Å². The Morgan fingerprint density at radius 3 is 2.48 bits per heavy atom. The maximum Gasteiger partial charge on any atom is 0.254 e. The molecule has 138 valence electrons. The fourth-order valence-electron chi connectivity index (χ4n) is 3.67. The molecule has 25 heavy (non-hydrogen) atoms. The molecular formula is C18H29N5O2. The number of primary amides is 1. The number of ether oxygens (including phenoxy) is 1. The molecule has 0 aromatic carbocycles. The van der Waals surface area contributed by atoms with Gasteiger partial charge in [0.15, 0.2) is 0 Å². The van der Waals surface area contributed by atoms with Crippen LogP contribution in [0.15, 0.2) is 6.20 Å². The van der Waals surface area contributed by atoms with E-state index in [0.29, 0.717) is 29.4 Å². The molecule has 7 heteroatoms. The quantitative estimate of drug-likeness (QED) is 0.731. The van der Waals surface area contributed by atoms with Crippen molar-refractivity contribution < 1.29 is 9.53 Å². The van der Waals surface area contributed by atoms with Crippen LogP contribution in [0.4, 0.5) is 11.8 Å². The highest BCUT2D eigenvalue weighted by Gasteiger charge is 2.23. The van der Waals surface area contributed by atoms with Crippen LogP contribution in [0.25, 0.3) is 0 Å². The average Bonchev–Trinajstić information content (AvgIpc) is 2.63. The van der Waals surface area contributed by atoms with Gasteiger partial charge in [-0.1, -0.05) is 13.3 Å². The van der Waals surface area contributed by atoms with Gasteiger partial charge in [0.05, 0.1) is 5.56 Å². The van der Waals surface area contributed by atoms with Crippen LogP contribution >= 0.6 is 0 Å². The standard InChI is InChI=1S/C18H29N5O2/c1-2-12-3-5-13(6-4-12)21-17-15(16(19)24)11-20-18(23-17)22-14-7-9-25-10-8-14/h11-14H,2-10H2,1H3,(H2,19,24)(H2,20,21,22,23). The van der Waals surface area contributed by atoms with Gasteiger partial charge in [0.25, 0.3) is 5.91 Å². The molecule has 4 N–H and O–H groups in total. The molecule has 0 atom stereocenters. The highest BCUT2D eigenvalue weighted by atomic mass is 16.5. The molecule has 1 amide bonds. The van der Waals surface area contributed by atoms with Crippen LogP contribution in [0, 0.1) is 5.92 Å². The molecule has 0 unspecified atom stereocenters. The molecule has 1 aliphatic heterocycles. The van der Waals surface area contributed by atoms with Crippen molar-refractivity contribution in [1.82, 2.24) is 9.97 Å². The van der Waals surface area contributed by atoms with E-state index in [2.05, 4.69) is 27.5 Å². The Bertz CT molecular complexity index is 581. The lowest BCUT2D eigenvalue weighted by Crippen LogP contribution is -2.30. The van der Waals surface area contributed by atoms with Crippen LogP contribution < -0.4 is 16.4 Å². The van der Waals surface area contributed by atoms with Crippen molar-refractivity contribution >= 4 is 17.7 Å². The number of hydrogen-bond acceptors (Lipinski definition) is 6.